The molecule has 1 saturated carbocycles. The zero-order valence-electron chi connectivity index (χ0n) is 29.4. The molecule has 1 aliphatic carbocycles. The van der Waals surface area contributed by atoms with E-state index >= 15 is 0 Å². The highest BCUT2D eigenvalue weighted by molar-refractivity contribution is 6.10. The molecule has 262 valence electrons. The van der Waals surface area contributed by atoms with E-state index in [-0.39, 0.29) is 47.1 Å². The number of halogens is 1. The third-order valence-electron chi connectivity index (χ3n) is 10.5. The van der Waals surface area contributed by atoms with Crippen LogP contribution < -0.4 is 0 Å². The maximum absolute atomic E-state index is 14.6. The molecule has 3 aromatic rings. The lowest BCUT2D eigenvalue weighted by Crippen LogP contribution is -2.64. The fraction of sp³-hybridized carbons (Fsp3) is 0.553. The van der Waals surface area contributed by atoms with Crippen LogP contribution in [0.15, 0.2) is 42.9 Å². The summed E-state index contributed by atoms with van der Waals surface area (Å²) in [5.41, 5.74) is 1.16. The molecule has 1 atom stereocenters. The molecule has 0 radical (unpaired) electrons. The van der Waals surface area contributed by atoms with Gasteiger partial charge in [0.05, 0.1) is 23.0 Å². The van der Waals surface area contributed by atoms with Crippen molar-refractivity contribution in [2.45, 2.75) is 104 Å². The summed E-state index contributed by atoms with van der Waals surface area (Å²) in [4.78, 5) is 64.7. The Balaban J connectivity index is 1.23. The van der Waals surface area contributed by atoms with Crippen LogP contribution in [0.4, 0.5) is 9.18 Å². The number of Topliss-reactive ketones (excluding diaryl/α,β-unsaturated/α-hetero) is 1. The van der Waals surface area contributed by atoms with Crippen molar-refractivity contribution in [3.63, 3.8) is 0 Å². The lowest BCUT2D eigenvalue weighted by molar-refractivity contribution is -0.146. The summed E-state index contributed by atoms with van der Waals surface area (Å²) in [6.07, 6.45) is 9.20. The topological polar surface area (TPSA) is 105 Å². The molecular formula is C38H48FN5O5. The molecule has 3 aliphatic heterocycles. The average molecular weight is 674 g/mol. The molecule has 5 heterocycles. The van der Waals surface area contributed by atoms with Crippen LogP contribution in [0.1, 0.15) is 101 Å². The lowest BCUT2D eigenvalue weighted by Gasteiger charge is -2.51. The quantitative estimate of drug-likeness (QED) is 0.261. The lowest BCUT2D eigenvalue weighted by atomic mass is 9.74. The summed E-state index contributed by atoms with van der Waals surface area (Å²) < 4.78 is 22.1. The van der Waals surface area contributed by atoms with Gasteiger partial charge in [-0.25, -0.2) is 9.18 Å². The van der Waals surface area contributed by atoms with Crippen LogP contribution >= 0.6 is 0 Å². The highest BCUT2D eigenvalue weighted by Crippen LogP contribution is 2.42. The Bertz CT molecular complexity index is 1750. The molecule has 2 aromatic heterocycles. The molecule has 0 N–H and O–H groups in total. The number of hydrogen-bond donors (Lipinski definition) is 0. The van der Waals surface area contributed by atoms with E-state index in [9.17, 15) is 23.6 Å². The fourth-order valence-corrected chi connectivity index (χ4v) is 8.07. The summed E-state index contributed by atoms with van der Waals surface area (Å²) >= 11 is 0. The molecule has 1 aromatic carbocycles. The summed E-state index contributed by atoms with van der Waals surface area (Å²) in [6.45, 7) is 12.5. The van der Waals surface area contributed by atoms with E-state index in [0.29, 0.717) is 54.6 Å². The Hall–Kier alpha value is -4.28. The van der Waals surface area contributed by atoms with Crippen LogP contribution in [0, 0.1) is 17.7 Å². The van der Waals surface area contributed by atoms with Crippen LogP contribution in [0.5, 0.6) is 0 Å². The number of likely N-dealkylation sites (tertiary alicyclic amines) is 1. The van der Waals surface area contributed by atoms with Crippen molar-refractivity contribution in [2.75, 3.05) is 19.6 Å². The molecule has 7 rings (SSSR count). The summed E-state index contributed by atoms with van der Waals surface area (Å²) in [6, 6.07) is 5.31. The number of ether oxygens (including phenoxy) is 1. The Morgan fingerprint density at radius 1 is 1.00 bits per heavy atom. The fourth-order valence-electron chi connectivity index (χ4n) is 8.07. The van der Waals surface area contributed by atoms with E-state index in [1.54, 1.807) is 45.1 Å². The maximum atomic E-state index is 14.6. The van der Waals surface area contributed by atoms with Crippen LogP contribution in [0.3, 0.4) is 0 Å². The number of fused-ring (bicyclic) bond motifs is 4. The Morgan fingerprint density at radius 3 is 2.33 bits per heavy atom. The van der Waals surface area contributed by atoms with Crippen molar-refractivity contribution < 1.29 is 28.3 Å². The van der Waals surface area contributed by atoms with Crippen molar-refractivity contribution in [3.05, 3.63) is 59.8 Å². The molecule has 11 heteroatoms. The number of carbonyl (C=O) groups excluding carboxylic acids is 4. The van der Waals surface area contributed by atoms with Crippen LogP contribution in [0.25, 0.3) is 16.6 Å². The van der Waals surface area contributed by atoms with Crippen LogP contribution in [-0.2, 0) is 9.53 Å². The summed E-state index contributed by atoms with van der Waals surface area (Å²) in [5.74, 6) is -1.11. The second-order valence-corrected chi connectivity index (χ2v) is 15.0. The van der Waals surface area contributed by atoms with Crippen LogP contribution in [0.2, 0.25) is 0 Å². The van der Waals surface area contributed by atoms with Gasteiger partial charge in [0.25, 0.3) is 5.91 Å². The molecule has 2 bridgehead atoms. The van der Waals surface area contributed by atoms with E-state index < -0.39 is 23.6 Å². The van der Waals surface area contributed by atoms with Gasteiger partial charge in [-0.2, -0.15) is 0 Å². The van der Waals surface area contributed by atoms with Crippen molar-refractivity contribution in [3.8, 4) is 5.69 Å². The van der Waals surface area contributed by atoms with Crippen molar-refractivity contribution in [2.24, 2.45) is 11.8 Å². The largest absolute Gasteiger partial charge is 0.444 e. The number of pyridine rings is 1. The van der Waals surface area contributed by atoms with Gasteiger partial charge in [-0.1, -0.05) is 0 Å². The molecule has 10 nitrogen and oxygen atoms in total. The van der Waals surface area contributed by atoms with Gasteiger partial charge in [-0.15, -0.1) is 0 Å². The molecule has 49 heavy (non-hydrogen) atoms. The van der Waals surface area contributed by atoms with Gasteiger partial charge >= 0.3 is 6.09 Å². The summed E-state index contributed by atoms with van der Waals surface area (Å²) in [5, 5.41) is 0.698. The van der Waals surface area contributed by atoms with E-state index in [1.807, 2.05) is 46.4 Å². The Morgan fingerprint density at radius 2 is 1.69 bits per heavy atom. The van der Waals surface area contributed by atoms with Gasteiger partial charge in [0.2, 0.25) is 5.91 Å². The molecule has 3 amide bonds. The predicted octanol–water partition coefficient (Wildman–Crippen LogP) is 6.63. The predicted molar refractivity (Wildman–Crippen MR) is 184 cm³/mol. The van der Waals surface area contributed by atoms with E-state index in [2.05, 4.69) is 4.98 Å². The number of aromatic nitrogens is 2. The standard InChI is InChI=1S/C38H48FN5O5/c1-7-42(23(2)3)35(46)29-20-26(39)10-13-31(29)43-22-30(28-14-17-40-21-32(28)43)34(45)25-15-18-41(19-16-25)36(47)33-24-8-11-27(12-9-24)44(33)37(48)49-38(4,5)6/h10,13-14,17,20-25,27,33H,7-9,11-12,15-16,18-19H2,1-6H3/t24?,27?,33-/m1/s1. The molecule has 0 spiro atoms. The normalized spacial score (nSPS) is 21.3. The first-order valence-corrected chi connectivity index (χ1v) is 17.7. The minimum absolute atomic E-state index is 0.00654. The van der Waals surface area contributed by atoms with Crippen LogP contribution in [-0.4, -0.2) is 91.3 Å². The third kappa shape index (κ3) is 6.68. The third-order valence-corrected chi connectivity index (χ3v) is 10.5. The minimum atomic E-state index is -0.656. The monoisotopic (exact) mass is 673 g/mol. The van der Waals surface area contributed by atoms with Crippen molar-refractivity contribution in [1.82, 2.24) is 24.3 Å². The van der Waals surface area contributed by atoms with Gasteiger partial charge in [-0.3, -0.25) is 24.3 Å². The first-order chi connectivity index (χ1) is 23.3. The van der Waals surface area contributed by atoms with Gasteiger partial charge < -0.3 is 19.1 Å². The van der Waals surface area contributed by atoms with Crippen molar-refractivity contribution >= 4 is 34.6 Å². The number of piperidine rings is 3. The second kappa shape index (κ2) is 13.6. The van der Waals surface area contributed by atoms with Gasteiger partial charge in [0, 0.05) is 61.0 Å². The minimum Gasteiger partial charge on any atom is -0.444 e. The number of carbonyl (C=O) groups is 4. The highest BCUT2D eigenvalue weighted by atomic mass is 19.1. The van der Waals surface area contributed by atoms with Gasteiger partial charge in [0.15, 0.2) is 5.78 Å². The molecular weight excluding hydrogens is 625 g/mol. The Labute approximate surface area is 287 Å². The number of rotatable bonds is 7. The Kier molecular flexibility index (Phi) is 9.57. The second-order valence-electron chi connectivity index (χ2n) is 15.0. The zero-order chi connectivity index (χ0) is 35.2. The van der Waals surface area contributed by atoms with E-state index in [0.717, 1.165) is 25.7 Å². The number of ketones is 1. The number of hydrogen-bond acceptors (Lipinski definition) is 6. The SMILES string of the molecule is CCN(C(=O)c1cc(F)ccc1-n1cc(C(=O)C2CCN(C(=O)[C@H]3C4CCC(CC4)N3C(=O)OC(C)(C)C)CC2)c2ccncc21)C(C)C. The van der Waals surface area contributed by atoms with E-state index in [1.165, 1.54) is 12.1 Å². The van der Waals surface area contributed by atoms with Gasteiger partial charge in [0.1, 0.15) is 17.5 Å². The first kappa shape index (κ1) is 34.6. The maximum Gasteiger partial charge on any atom is 0.411 e. The summed E-state index contributed by atoms with van der Waals surface area (Å²) in [7, 11) is 0. The number of benzene rings is 1. The van der Waals surface area contributed by atoms with E-state index in [4.69, 9.17) is 4.74 Å². The molecule has 0 unspecified atom stereocenters. The molecule has 4 fully saturated rings. The molecule has 3 saturated heterocycles. The highest BCUT2D eigenvalue weighted by Gasteiger charge is 2.50. The number of amides is 3. The average Bonchev–Trinajstić information content (AvgIpc) is 3.46. The zero-order valence-corrected chi connectivity index (χ0v) is 29.4. The first-order valence-electron chi connectivity index (χ1n) is 17.7. The number of nitrogens with zero attached hydrogens (tertiary/aromatic N) is 5. The van der Waals surface area contributed by atoms with Gasteiger partial charge in [-0.05, 0) is 110 Å². The smallest absolute Gasteiger partial charge is 0.411 e. The molecule has 4 aliphatic rings. The van der Waals surface area contributed by atoms with Crippen molar-refractivity contribution in [1.29, 1.82) is 0 Å².